The van der Waals surface area contributed by atoms with Gasteiger partial charge in [-0.1, -0.05) is 0 Å². The van der Waals surface area contributed by atoms with Gasteiger partial charge in [0.25, 0.3) is 0 Å². The lowest BCUT2D eigenvalue weighted by Crippen LogP contribution is -2.33. The molecule has 0 radical (unpaired) electrons. The van der Waals surface area contributed by atoms with Crippen LogP contribution in [0.1, 0.15) is 39.0 Å². The Morgan fingerprint density at radius 1 is 0.667 bits per heavy atom. The Hall–Kier alpha value is -0.320. The maximum Gasteiger partial charge on any atom is 0.0995 e. The van der Waals surface area contributed by atoms with E-state index in [1.807, 2.05) is 0 Å². The van der Waals surface area contributed by atoms with Crippen LogP contribution in [0.25, 0.3) is 0 Å². The Bertz CT molecular complexity index is 283. The molecule has 0 spiro atoms. The molecule has 8 heteroatoms. The maximum absolute atomic E-state index is 5.91. The minimum absolute atomic E-state index is 0.0776. The first kappa shape index (κ1) is 26.7. The van der Waals surface area contributed by atoms with Gasteiger partial charge in [0.15, 0.2) is 0 Å². The van der Waals surface area contributed by atoms with E-state index in [0.717, 1.165) is 84.5 Å². The summed E-state index contributed by atoms with van der Waals surface area (Å²) in [6.07, 6.45) is 5.10. The van der Waals surface area contributed by atoms with Crippen molar-refractivity contribution in [2.24, 2.45) is 22.9 Å². The molecule has 1 atom stereocenters. The van der Waals surface area contributed by atoms with Crippen LogP contribution in [0.15, 0.2) is 0 Å². The number of hydrogen-bond acceptors (Lipinski definition) is 8. The summed E-state index contributed by atoms with van der Waals surface area (Å²) in [5.41, 5.74) is 22.4. The average Bonchev–Trinajstić information content (AvgIpc) is 2.68. The summed E-state index contributed by atoms with van der Waals surface area (Å²) in [6.45, 7) is 11.9. The third-order valence-electron chi connectivity index (χ3n) is 4.37. The van der Waals surface area contributed by atoms with E-state index in [1.165, 1.54) is 0 Å². The Kier molecular flexibility index (Phi) is 20.2. The molecule has 8 nitrogen and oxygen atoms in total. The summed E-state index contributed by atoms with van der Waals surface area (Å²) in [7, 11) is 0. The van der Waals surface area contributed by atoms with E-state index in [1.54, 1.807) is 0 Å². The molecule has 0 heterocycles. The van der Waals surface area contributed by atoms with Crippen LogP contribution in [0.5, 0.6) is 0 Å². The number of nitrogens with zero attached hydrogens (tertiary/aromatic N) is 2. The van der Waals surface area contributed by atoms with Crippen LogP contribution in [0.2, 0.25) is 0 Å². The Labute approximate surface area is 166 Å². The normalized spacial score (nSPS) is 13.0. The summed E-state index contributed by atoms with van der Waals surface area (Å²) < 4.78 is 11.7. The van der Waals surface area contributed by atoms with Crippen LogP contribution in [0.3, 0.4) is 0 Å². The van der Waals surface area contributed by atoms with E-state index in [4.69, 9.17) is 32.4 Å². The quantitative estimate of drug-likeness (QED) is 0.156. The van der Waals surface area contributed by atoms with Crippen molar-refractivity contribution in [2.75, 3.05) is 78.8 Å². The van der Waals surface area contributed by atoms with Gasteiger partial charge in [0.05, 0.1) is 19.4 Å². The second-order valence-electron chi connectivity index (χ2n) is 7.06. The molecule has 0 aromatic carbocycles. The van der Waals surface area contributed by atoms with Gasteiger partial charge in [0, 0.05) is 26.2 Å². The number of hydrogen-bond donors (Lipinski definition) is 4. The Morgan fingerprint density at radius 3 is 1.59 bits per heavy atom. The second kappa shape index (κ2) is 20.4. The van der Waals surface area contributed by atoms with Crippen LogP contribution in [0, 0.1) is 0 Å². The van der Waals surface area contributed by atoms with Crippen molar-refractivity contribution in [1.29, 1.82) is 0 Å². The topological polar surface area (TPSA) is 129 Å². The van der Waals surface area contributed by atoms with Crippen molar-refractivity contribution < 1.29 is 9.47 Å². The Morgan fingerprint density at radius 2 is 1.11 bits per heavy atom. The highest BCUT2D eigenvalue weighted by Crippen LogP contribution is 2.00. The lowest BCUT2D eigenvalue weighted by atomic mass is 10.3. The molecular weight excluding hydrogens is 344 g/mol. The zero-order valence-electron chi connectivity index (χ0n) is 17.6. The fraction of sp³-hybridized carbons (Fsp3) is 1.00. The molecule has 0 aliphatic heterocycles. The third kappa shape index (κ3) is 17.5. The molecule has 0 aliphatic rings. The molecule has 1 unspecified atom stereocenters. The SMILES string of the molecule is CC(COCCCN(CCCN)CCCN)OCN(CCCN)CCCN. The summed E-state index contributed by atoms with van der Waals surface area (Å²) in [6, 6.07) is 0. The molecule has 164 valence electrons. The van der Waals surface area contributed by atoms with E-state index in [-0.39, 0.29) is 6.10 Å². The average molecular weight is 391 g/mol. The summed E-state index contributed by atoms with van der Waals surface area (Å²) in [5.74, 6) is 0. The first-order valence-electron chi connectivity index (χ1n) is 10.6. The van der Waals surface area contributed by atoms with Gasteiger partial charge >= 0.3 is 0 Å². The van der Waals surface area contributed by atoms with Gasteiger partial charge in [-0.3, -0.25) is 4.90 Å². The predicted molar refractivity (Wildman–Crippen MR) is 114 cm³/mol. The van der Waals surface area contributed by atoms with Crippen LogP contribution < -0.4 is 22.9 Å². The molecule has 0 aliphatic carbocycles. The first-order valence-corrected chi connectivity index (χ1v) is 10.6. The van der Waals surface area contributed by atoms with Gasteiger partial charge in [-0.25, -0.2) is 0 Å². The van der Waals surface area contributed by atoms with Crippen molar-refractivity contribution in [3.05, 3.63) is 0 Å². The molecule has 0 saturated heterocycles. The van der Waals surface area contributed by atoms with Crippen LogP contribution in [-0.2, 0) is 9.47 Å². The highest BCUT2D eigenvalue weighted by molar-refractivity contribution is 4.60. The standard InChI is InChI=1S/C19H46N6O2/c1-19(27-18-25(13-4-9-22)14-5-10-23)17-26-16-6-15-24(11-2-7-20)12-3-8-21/h19H,2-18,20-23H2,1H3. The summed E-state index contributed by atoms with van der Waals surface area (Å²) in [5, 5.41) is 0. The van der Waals surface area contributed by atoms with E-state index < -0.39 is 0 Å². The zero-order chi connectivity index (χ0) is 20.2. The van der Waals surface area contributed by atoms with Crippen molar-refractivity contribution in [1.82, 2.24) is 9.80 Å². The molecule has 27 heavy (non-hydrogen) atoms. The molecular formula is C19H46N6O2. The van der Waals surface area contributed by atoms with Gasteiger partial charge < -0.3 is 37.3 Å². The molecule has 0 amide bonds. The third-order valence-corrected chi connectivity index (χ3v) is 4.37. The molecule has 0 aromatic rings. The largest absolute Gasteiger partial charge is 0.379 e. The van der Waals surface area contributed by atoms with Crippen molar-refractivity contribution in [3.8, 4) is 0 Å². The maximum atomic E-state index is 5.91. The summed E-state index contributed by atoms with van der Waals surface area (Å²) in [4.78, 5) is 4.69. The Balaban J connectivity index is 3.84. The molecule has 0 rings (SSSR count). The fourth-order valence-electron chi connectivity index (χ4n) is 2.76. The van der Waals surface area contributed by atoms with Crippen molar-refractivity contribution in [3.63, 3.8) is 0 Å². The van der Waals surface area contributed by atoms with Crippen molar-refractivity contribution in [2.45, 2.75) is 45.1 Å². The number of rotatable bonds is 21. The number of nitrogens with two attached hydrogens (primary N) is 4. The van der Waals surface area contributed by atoms with Gasteiger partial charge in [-0.15, -0.1) is 0 Å². The monoisotopic (exact) mass is 390 g/mol. The van der Waals surface area contributed by atoms with Gasteiger partial charge in [0.1, 0.15) is 0 Å². The van der Waals surface area contributed by atoms with E-state index in [2.05, 4.69) is 16.7 Å². The van der Waals surface area contributed by atoms with E-state index >= 15 is 0 Å². The molecule has 0 bridgehead atoms. The van der Waals surface area contributed by atoms with Crippen LogP contribution in [0.4, 0.5) is 0 Å². The highest BCUT2D eigenvalue weighted by Gasteiger charge is 2.09. The van der Waals surface area contributed by atoms with Gasteiger partial charge in [-0.2, -0.15) is 0 Å². The lowest BCUT2D eigenvalue weighted by Gasteiger charge is -2.24. The summed E-state index contributed by atoms with van der Waals surface area (Å²) >= 11 is 0. The van der Waals surface area contributed by atoms with Gasteiger partial charge in [0.2, 0.25) is 0 Å². The van der Waals surface area contributed by atoms with Gasteiger partial charge in [-0.05, 0) is 78.3 Å². The van der Waals surface area contributed by atoms with E-state index in [9.17, 15) is 0 Å². The minimum atomic E-state index is 0.0776. The molecule has 0 saturated carbocycles. The molecule has 0 fully saturated rings. The van der Waals surface area contributed by atoms with E-state index in [0.29, 0.717) is 26.4 Å². The minimum Gasteiger partial charge on any atom is -0.379 e. The first-order chi connectivity index (χ1) is 13.2. The molecule has 0 aromatic heterocycles. The lowest BCUT2D eigenvalue weighted by molar-refractivity contribution is -0.0533. The second-order valence-corrected chi connectivity index (χ2v) is 7.06. The van der Waals surface area contributed by atoms with Crippen LogP contribution in [-0.4, -0.2) is 94.8 Å². The molecule has 8 N–H and O–H groups in total. The number of ether oxygens (including phenoxy) is 2. The van der Waals surface area contributed by atoms with Crippen LogP contribution >= 0.6 is 0 Å². The predicted octanol–water partition coefficient (Wildman–Crippen LogP) is -0.245. The highest BCUT2D eigenvalue weighted by atomic mass is 16.5. The smallest absolute Gasteiger partial charge is 0.0995 e. The van der Waals surface area contributed by atoms with Crippen molar-refractivity contribution >= 4 is 0 Å². The zero-order valence-corrected chi connectivity index (χ0v) is 17.6. The fourth-order valence-corrected chi connectivity index (χ4v) is 2.76.